The van der Waals surface area contributed by atoms with Gasteiger partial charge in [0.1, 0.15) is 0 Å². The number of carbonyl (C=O) groups is 1. The van der Waals surface area contributed by atoms with Gasteiger partial charge in [-0.15, -0.1) is 22.7 Å². The van der Waals surface area contributed by atoms with Crippen molar-refractivity contribution in [1.82, 2.24) is 4.90 Å². The van der Waals surface area contributed by atoms with E-state index in [1.807, 2.05) is 54.7 Å². The highest BCUT2D eigenvalue weighted by atomic mass is 32.1. The van der Waals surface area contributed by atoms with Gasteiger partial charge in [-0.1, -0.05) is 17.9 Å². The number of hydrogen-bond acceptors (Lipinski definition) is 4. The lowest BCUT2D eigenvalue weighted by Gasteiger charge is -2.00. The first-order chi connectivity index (χ1) is 9.65. The molecule has 0 atom stereocenters. The Morgan fingerprint density at radius 2 is 2.20 bits per heavy atom. The van der Waals surface area contributed by atoms with E-state index in [0.29, 0.717) is 0 Å². The molecule has 4 heteroatoms. The number of carbonyl (C=O) groups excluding carboxylic acids is 1. The van der Waals surface area contributed by atoms with Crippen LogP contribution in [0.3, 0.4) is 0 Å². The van der Waals surface area contributed by atoms with Gasteiger partial charge in [-0.25, -0.2) is 0 Å². The Labute approximate surface area is 127 Å². The molecule has 0 aliphatic heterocycles. The summed E-state index contributed by atoms with van der Waals surface area (Å²) in [4.78, 5) is 16.8. The Balaban J connectivity index is 2.00. The average molecular weight is 301 g/mol. The van der Waals surface area contributed by atoms with Crippen LogP contribution in [0.1, 0.15) is 19.4 Å². The topological polar surface area (TPSA) is 20.3 Å². The lowest BCUT2D eigenvalue weighted by atomic mass is 10.3. The molecule has 0 radical (unpaired) electrons. The molecule has 0 unspecified atom stereocenters. The van der Waals surface area contributed by atoms with Gasteiger partial charge in [-0.3, -0.25) is 9.69 Å². The number of rotatable bonds is 4. The molecule has 2 aromatic heterocycles. The van der Waals surface area contributed by atoms with Crippen LogP contribution in [-0.2, 0) is 0 Å². The van der Waals surface area contributed by atoms with Crippen molar-refractivity contribution in [2.45, 2.75) is 0 Å². The maximum atomic E-state index is 12.0. The van der Waals surface area contributed by atoms with E-state index in [1.54, 1.807) is 17.4 Å². The fraction of sp³-hybridized carbons (Fsp3) is 0.188. The summed E-state index contributed by atoms with van der Waals surface area (Å²) in [6.45, 7) is 0.722. The standard InChI is InChI=1S/C16H15NOS2/c1-17(2)11-3-5-14-8-10-16(20-14)15(18)9-7-13-6-4-12-19-13/h4,6-10,12H,11H2,1-2H3. The van der Waals surface area contributed by atoms with E-state index in [1.165, 1.54) is 11.3 Å². The molecule has 2 heterocycles. The highest BCUT2D eigenvalue weighted by Gasteiger charge is 2.05. The summed E-state index contributed by atoms with van der Waals surface area (Å²) in [5.74, 6) is 6.17. The van der Waals surface area contributed by atoms with Gasteiger partial charge >= 0.3 is 0 Å². The van der Waals surface area contributed by atoms with E-state index in [0.717, 1.165) is 21.2 Å². The van der Waals surface area contributed by atoms with E-state index in [4.69, 9.17) is 0 Å². The van der Waals surface area contributed by atoms with Crippen molar-refractivity contribution in [2.24, 2.45) is 0 Å². The van der Waals surface area contributed by atoms with Gasteiger partial charge in [0.25, 0.3) is 0 Å². The minimum absolute atomic E-state index is 0.0315. The first-order valence-corrected chi connectivity index (χ1v) is 7.84. The molecule has 0 spiro atoms. The second-order valence-corrected chi connectivity index (χ2v) is 6.48. The molecular weight excluding hydrogens is 286 g/mol. The Morgan fingerprint density at radius 3 is 2.90 bits per heavy atom. The van der Waals surface area contributed by atoms with Crippen LogP contribution >= 0.6 is 22.7 Å². The summed E-state index contributed by atoms with van der Waals surface area (Å²) in [7, 11) is 3.96. The van der Waals surface area contributed by atoms with E-state index in [2.05, 4.69) is 11.8 Å². The van der Waals surface area contributed by atoms with Gasteiger partial charge in [-0.2, -0.15) is 0 Å². The second kappa shape index (κ2) is 7.20. The summed E-state index contributed by atoms with van der Waals surface area (Å²) in [6.07, 6.45) is 3.47. The van der Waals surface area contributed by atoms with E-state index in [9.17, 15) is 4.79 Å². The maximum absolute atomic E-state index is 12.0. The zero-order valence-corrected chi connectivity index (χ0v) is 13.1. The molecule has 0 amide bonds. The molecule has 2 nitrogen and oxygen atoms in total. The SMILES string of the molecule is CN(C)CC#Cc1ccc(C(=O)C=Cc2cccs2)s1. The van der Waals surface area contributed by atoms with Gasteiger partial charge in [0, 0.05) is 4.88 Å². The zero-order valence-electron chi connectivity index (χ0n) is 11.4. The fourth-order valence-corrected chi connectivity index (χ4v) is 2.87. The summed E-state index contributed by atoms with van der Waals surface area (Å²) < 4.78 is 0. The minimum atomic E-state index is 0.0315. The van der Waals surface area contributed by atoms with Crippen molar-refractivity contribution in [3.63, 3.8) is 0 Å². The Morgan fingerprint density at radius 1 is 1.35 bits per heavy atom. The van der Waals surface area contributed by atoms with Crippen molar-refractivity contribution >= 4 is 34.5 Å². The minimum Gasteiger partial charge on any atom is -0.299 e. The molecular formula is C16H15NOS2. The molecule has 2 rings (SSSR count). The summed E-state index contributed by atoms with van der Waals surface area (Å²) in [6, 6.07) is 7.70. The lowest BCUT2D eigenvalue weighted by Crippen LogP contribution is -2.10. The molecule has 0 fully saturated rings. The van der Waals surface area contributed by atoms with Gasteiger partial charge in [0.15, 0.2) is 5.78 Å². The van der Waals surface area contributed by atoms with E-state index < -0.39 is 0 Å². The van der Waals surface area contributed by atoms with Crippen LogP contribution in [-0.4, -0.2) is 31.3 Å². The van der Waals surface area contributed by atoms with Crippen LogP contribution in [0.15, 0.2) is 35.7 Å². The molecule has 102 valence electrons. The third kappa shape index (κ3) is 4.46. The number of allylic oxidation sites excluding steroid dienone is 1. The fourth-order valence-electron chi connectivity index (χ4n) is 1.45. The maximum Gasteiger partial charge on any atom is 0.195 e. The summed E-state index contributed by atoms with van der Waals surface area (Å²) >= 11 is 3.06. The van der Waals surface area contributed by atoms with Gasteiger partial charge < -0.3 is 0 Å². The Hall–Kier alpha value is -1.67. The van der Waals surface area contributed by atoms with Crippen molar-refractivity contribution in [3.8, 4) is 11.8 Å². The van der Waals surface area contributed by atoms with Crippen LogP contribution < -0.4 is 0 Å². The Bertz CT molecular complexity index is 654. The molecule has 2 aromatic rings. The van der Waals surface area contributed by atoms with Crippen molar-refractivity contribution in [3.05, 3.63) is 50.4 Å². The third-order valence-electron chi connectivity index (χ3n) is 2.40. The van der Waals surface area contributed by atoms with Gasteiger partial charge in [-0.05, 0) is 49.8 Å². The number of hydrogen-bond donors (Lipinski definition) is 0. The molecule has 0 aliphatic carbocycles. The zero-order chi connectivity index (χ0) is 14.4. The molecule has 0 saturated heterocycles. The van der Waals surface area contributed by atoms with Crippen LogP contribution in [0.4, 0.5) is 0 Å². The van der Waals surface area contributed by atoms with E-state index in [-0.39, 0.29) is 5.78 Å². The molecule has 0 N–H and O–H groups in total. The molecule has 20 heavy (non-hydrogen) atoms. The number of thiophene rings is 2. The van der Waals surface area contributed by atoms with Crippen molar-refractivity contribution < 1.29 is 4.79 Å². The third-order valence-corrected chi connectivity index (χ3v) is 4.25. The van der Waals surface area contributed by atoms with Crippen LogP contribution in [0.5, 0.6) is 0 Å². The number of ketones is 1. The predicted molar refractivity (Wildman–Crippen MR) is 87.4 cm³/mol. The second-order valence-electron chi connectivity index (χ2n) is 4.42. The van der Waals surface area contributed by atoms with Crippen molar-refractivity contribution in [1.29, 1.82) is 0 Å². The van der Waals surface area contributed by atoms with Crippen LogP contribution in [0.25, 0.3) is 6.08 Å². The van der Waals surface area contributed by atoms with Gasteiger partial charge in [0.2, 0.25) is 0 Å². The predicted octanol–water partition coefficient (Wildman–Crippen LogP) is 3.62. The van der Waals surface area contributed by atoms with E-state index >= 15 is 0 Å². The summed E-state index contributed by atoms with van der Waals surface area (Å²) in [5.41, 5.74) is 0. The molecule has 0 aromatic carbocycles. The van der Waals surface area contributed by atoms with Crippen molar-refractivity contribution in [2.75, 3.05) is 20.6 Å². The molecule has 0 aliphatic rings. The normalized spacial score (nSPS) is 10.8. The highest BCUT2D eigenvalue weighted by molar-refractivity contribution is 7.14. The molecule has 0 bridgehead atoms. The smallest absolute Gasteiger partial charge is 0.195 e. The number of nitrogens with zero attached hydrogens (tertiary/aromatic N) is 1. The lowest BCUT2D eigenvalue weighted by molar-refractivity contribution is 0.105. The first-order valence-electron chi connectivity index (χ1n) is 6.14. The van der Waals surface area contributed by atoms with Gasteiger partial charge in [0.05, 0.1) is 16.3 Å². The highest BCUT2D eigenvalue weighted by Crippen LogP contribution is 2.17. The monoisotopic (exact) mass is 301 g/mol. The summed E-state index contributed by atoms with van der Waals surface area (Å²) in [5, 5.41) is 1.99. The first kappa shape index (κ1) is 14.7. The van der Waals surface area contributed by atoms with Crippen LogP contribution in [0, 0.1) is 11.8 Å². The molecule has 0 saturated carbocycles. The quantitative estimate of drug-likeness (QED) is 0.488. The largest absolute Gasteiger partial charge is 0.299 e. The average Bonchev–Trinajstić information content (AvgIpc) is 3.06. The van der Waals surface area contributed by atoms with Crippen LogP contribution in [0.2, 0.25) is 0 Å². The Kier molecular flexibility index (Phi) is 5.31.